The van der Waals surface area contributed by atoms with Gasteiger partial charge in [-0.05, 0) is 17.0 Å². The van der Waals surface area contributed by atoms with Gasteiger partial charge in [-0.2, -0.15) is 0 Å². The van der Waals surface area contributed by atoms with Gasteiger partial charge in [0, 0.05) is 0 Å². The Morgan fingerprint density at radius 2 is 2.22 bits per heavy atom. The fourth-order valence-electron chi connectivity index (χ4n) is 0.899. The van der Waals surface area contributed by atoms with Crippen LogP contribution in [0.25, 0.3) is 0 Å². The molecule has 1 saturated heterocycles. The quantitative estimate of drug-likeness (QED) is 0.610. The van der Waals surface area contributed by atoms with E-state index in [4.69, 9.17) is 4.74 Å². The average Bonchev–Trinajstić information content (AvgIpc) is 2.47. The van der Waals surface area contributed by atoms with Crippen LogP contribution in [0.5, 0.6) is 0 Å². The van der Waals surface area contributed by atoms with Crippen molar-refractivity contribution in [1.29, 1.82) is 0 Å². The minimum atomic E-state index is 0.379. The zero-order valence-electron chi connectivity index (χ0n) is 5.67. The average molecular weight is 191 g/mol. The first kappa shape index (κ1) is 7.29. The normalized spacial score (nSPS) is 34.2. The summed E-state index contributed by atoms with van der Waals surface area (Å²) < 4.78 is 5.30. The van der Waals surface area contributed by atoms with Crippen LogP contribution in [0.4, 0.5) is 0 Å². The predicted molar refractivity (Wildman–Crippen MR) is 41.6 cm³/mol. The van der Waals surface area contributed by atoms with Crippen LogP contribution in [0, 0.1) is 5.92 Å². The van der Waals surface area contributed by atoms with Gasteiger partial charge in [-0.1, -0.05) is 29.8 Å². The SMILES string of the molecule is CC(C)C1OC1/C=C/Br. The number of rotatable bonds is 2. The minimum Gasteiger partial charge on any atom is -0.365 e. The summed E-state index contributed by atoms with van der Waals surface area (Å²) >= 11 is 3.21. The van der Waals surface area contributed by atoms with E-state index in [-0.39, 0.29) is 0 Å². The lowest BCUT2D eigenvalue weighted by Crippen LogP contribution is -1.99. The van der Waals surface area contributed by atoms with E-state index >= 15 is 0 Å². The van der Waals surface area contributed by atoms with Crippen molar-refractivity contribution in [2.45, 2.75) is 26.1 Å². The van der Waals surface area contributed by atoms with Crippen molar-refractivity contribution in [3.05, 3.63) is 11.1 Å². The van der Waals surface area contributed by atoms with Gasteiger partial charge in [0.25, 0.3) is 0 Å². The second-order valence-corrected chi connectivity index (χ2v) is 3.16. The third-order valence-electron chi connectivity index (χ3n) is 1.48. The highest BCUT2D eigenvalue weighted by Gasteiger charge is 2.38. The first-order chi connectivity index (χ1) is 4.25. The molecular formula is C7H11BrO. The summed E-state index contributed by atoms with van der Waals surface area (Å²) in [4.78, 5) is 1.86. The Bertz CT molecular complexity index is 120. The molecule has 0 spiro atoms. The zero-order chi connectivity index (χ0) is 6.85. The van der Waals surface area contributed by atoms with E-state index in [0.717, 1.165) is 0 Å². The third kappa shape index (κ3) is 1.80. The van der Waals surface area contributed by atoms with E-state index in [1.807, 2.05) is 11.1 Å². The Morgan fingerprint density at radius 3 is 2.56 bits per heavy atom. The molecule has 52 valence electrons. The second kappa shape index (κ2) is 2.84. The van der Waals surface area contributed by atoms with Crippen LogP contribution < -0.4 is 0 Å². The monoisotopic (exact) mass is 190 g/mol. The van der Waals surface area contributed by atoms with Gasteiger partial charge >= 0.3 is 0 Å². The predicted octanol–water partition coefficient (Wildman–Crippen LogP) is 2.32. The number of halogens is 1. The molecule has 0 saturated carbocycles. The van der Waals surface area contributed by atoms with Crippen LogP contribution in [0.15, 0.2) is 11.1 Å². The summed E-state index contributed by atoms with van der Waals surface area (Å²) in [5.41, 5.74) is 0. The Morgan fingerprint density at radius 1 is 1.56 bits per heavy atom. The van der Waals surface area contributed by atoms with Crippen LogP contribution in [0.3, 0.4) is 0 Å². The van der Waals surface area contributed by atoms with Crippen molar-refractivity contribution in [3.8, 4) is 0 Å². The van der Waals surface area contributed by atoms with Gasteiger partial charge in [0.1, 0.15) is 6.10 Å². The molecule has 0 bridgehead atoms. The smallest absolute Gasteiger partial charge is 0.103 e. The molecule has 2 heteroatoms. The van der Waals surface area contributed by atoms with Gasteiger partial charge in [0.2, 0.25) is 0 Å². The molecule has 0 radical (unpaired) electrons. The third-order valence-corrected chi connectivity index (χ3v) is 1.79. The van der Waals surface area contributed by atoms with Crippen LogP contribution in [0.2, 0.25) is 0 Å². The van der Waals surface area contributed by atoms with Crippen molar-refractivity contribution in [3.63, 3.8) is 0 Å². The first-order valence-corrected chi connectivity index (χ1v) is 4.09. The molecule has 1 nitrogen and oxygen atoms in total. The van der Waals surface area contributed by atoms with Crippen molar-refractivity contribution < 1.29 is 4.74 Å². The van der Waals surface area contributed by atoms with Crippen LogP contribution in [-0.4, -0.2) is 12.2 Å². The molecule has 1 fully saturated rings. The Labute approximate surface area is 64.2 Å². The lowest BCUT2D eigenvalue weighted by molar-refractivity contribution is 0.345. The first-order valence-electron chi connectivity index (χ1n) is 3.18. The highest BCUT2D eigenvalue weighted by molar-refractivity contribution is 9.11. The molecule has 2 atom stereocenters. The Hall–Kier alpha value is 0.180. The maximum atomic E-state index is 5.30. The molecule has 9 heavy (non-hydrogen) atoms. The number of hydrogen-bond donors (Lipinski definition) is 0. The maximum absolute atomic E-state index is 5.30. The lowest BCUT2D eigenvalue weighted by atomic mass is 10.1. The molecule has 1 aliphatic heterocycles. The Balaban J connectivity index is 2.24. The number of hydrogen-bond acceptors (Lipinski definition) is 1. The second-order valence-electron chi connectivity index (χ2n) is 2.63. The van der Waals surface area contributed by atoms with Gasteiger partial charge in [-0.15, -0.1) is 0 Å². The molecule has 1 rings (SSSR count). The van der Waals surface area contributed by atoms with Gasteiger partial charge in [0.05, 0.1) is 6.10 Å². The molecule has 0 aromatic heterocycles. The van der Waals surface area contributed by atoms with Crippen LogP contribution >= 0.6 is 15.9 Å². The van der Waals surface area contributed by atoms with Crippen LogP contribution in [0.1, 0.15) is 13.8 Å². The summed E-state index contributed by atoms with van der Waals surface area (Å²) in [5.74, 6) is 0.652. The molecule has 0 aromatic carbocycles. The van der Waals surface area contributed by atoms with E-state index in [0.29, 0.717) is 18.1 Å². The number of ether oxygens (including phenoxy) is 1. The topological polar surface area (TPSA) is 12.5 Å². The Kier molecular flexibility index (Phi) is 2.30. The summed E-state index contributed by atoms with van der Waals surface area (Å²) in [6.45, 7) is 4.35. The van der Waals surface area contributed by atoms with Crippen LogP contribution in [-0.2, 0) is 4.74 Å². The molecule has 1 heterocycles. The van der Waals surface area contributed by atoms with Crippen molar-refractivity contribution >= 4 is 15.9 Å². The lowest BCUT2D eigenvalue weighted by Gasteiger charge is -1.92. The van der Waals surface area contributed by atoms with E-state index in [2.05, 4.69) is 29.8 Å². The summed E-state index contributed by atoms with van der Waals surface area (Å²) in [7, 11) is 0. The molecule has 0 N–H and O–H groups in total. The largest absolute Gasteiger partial charge is 0.365 e. The zero-order valence-corrected chi connectivity index (χ0v) is 7.26. The van der Waals surface area contributed by atoms with E-state index in [1.54, 1.807) is 0 Å². The highest BCUT2D eigenvalue weighted by atomic mass is 79.9. The van der Waals surface area contributed by atoms with Gasteiger partial charge in [-0.3, -0.25) is 0 Å². The molecule has 1 aliphatic rings. The van der Waals surface area contributed by atoms with Crippen molar-refractivity contribution in [2.75, 3.05) is 0 Å². The highest BCUT2D eigenvalue weighted by Crippen LogP contribution is 2.30. The molecule has 0 aromatic rings. The van der Waals surface area contributed by atoms with E-state index in [9.17, 15) is 0 Å². The van der Waals surface area contributed by atoms with Gasteiger partial charge in [-0.25, -0.2) is 0 Å². The summed E-state index contributed by atoms with van der Waals surface area (Å²) in [6.07, 6.45) is 2.88. The maximum Gasteiger partial charge on any atom is 0.103 e. The summed E-state index contributed by atoms with van der Waals surface area (Å²) in [6, 6.07) is 0. The van der Waals surface area contributed by atoms with Crippen molar-refractivity contribution in [1.82, 2.24) is 0 Å². The fourth-order valence-corrected chi connectivity index (χ4v) is 1.20. The van der Waals surface area contributed by atoms with Gasteiger partial charge in [0.15, 0.2) is 0 Å². The molecule has 0 amide bonds. The fraction of sp³-hybridized carbons (Fsp3) is 0.714. The standard InChI is InChI=1S/C7H11BrO/c1-5(2)7-6(9-7)3-4-8/h3-7H,1-2H3/b4-3+. The van der Waals surface area contributed by atoms with Gasteiger partial charge < -0.3 is 4.74 Å². The van der Waals surface area contributed by atoms with Crippen molar-refractivity contribution in [2.24, 2.45) is 5.92 Å². The molecule has 0 aliphatic carbocycles. The minimum absolute atomic E-state index is 0.379. The molecular weight excluding hydrogens is 180 g/mol. The van der Waals surface area contributed by atoms with E-state index < -0.39 is 0 Å². The summed E-state index contributed by atoms with van der Waals surface area (Å²) in [5, 5.41) is 0. The van der Waals surface area contributed by atoms with E-state index in [1.165, 1.54) is 0 Å². The molecule has 2 unspecified atom stereocenters. The number of epoxide rings is 1.